The molecule has 1 aromatic carbocycles. The molecule has 1 aliphatic heterocycles. The Morgan fingerprint density at radius 2 is 2.16 bits per heavy atom. The van der Waals surface area contributed by atoms with E-state index in [1.165, 1.54) is 0 Å². The summed E-state index contributed by atoms with van der Waals surface area (Å²) >= 11 is 0. The average Bonchev–Trinajstić information content (AvgIpc) is 2.27. The van der Waals surface area contributed by atoms with Gasteiger partial charge in [-0.05, 0) is 18.9 Å². The summed E-state index contributed by atoms with van der Waals surface area (Å²) in [4.78, 5) is 10.2. The van der Waals surface area contributed by atoms with Crippen molar-refractivity contribution in [3.8, 4) is 0 Å². The van der Waals surface area contributed by atoms with E-state index in [0.717, 1.165) is 18.2 Å². The molecule has 1 fully saturated rings. The molecule has 6 nitrogen and oxygen atoms in total. The van der Waals surface area contributed by atoms with E-state index in [9.17, 15) is 22.9 Å². The molecule has 1 heterocycles. The second-order valence-corrected chi connectivity index (χ2v) is 6.75. The molecule has 0 aromatic heterocycles. The molecule has 1 aliphatic rings. The molecule has 0 amide bonds. The third-order valence-corrected chi connectivity index (χ3v) is 4.80. The van der Waals surface area contributed by atoms with Gasteiger partial charge in [0.25, 0.3) is 5.69 Å². The van der Waals surface area contributed by atoms with Crippen molar-refractivity contribution >= 4 is 21.2 Å². The molecule has 8 heteroatoms. The minimum Gasteiger partial charge on any atom is -0.376 e. The molecule has 0 aliphatic carbocycles. The van der Waals surface area contributed by atoms with E-state index in [2.05, 4.69) is 5.32 Å². The highest BCUT2D eigenvalue weighted by molar-refractivity contribution is 7.91. The summed E-state index contributed by atoms with van der Waals surface area (Å²) in [7, 11) is -3.12. The van der Waals surface area contributed by atoms with E-state index in [-0.39, 0.29) is 22.9 Å². The van der Waals surface area contributed by atoms with Gasteiger partial charge in [0, 0.05) is 18.2 Å². The molecule has 2 rings (SSSR count). The van der Waals surface area contributed by atoms with Gasteiger partial charge in [-0.1, -0.05) is 0 Å². The SMILES string of the molecule is O=[N+]([O-])c1ccc(F)cc1NC1CCCS(=O)(=O)C1. The molecule has 1 saturated heterocycles. The van der Waals surface area contributed by atoms with Crippen molar-refractivity contribution in [2.75, 3.05) is 16.8 Å². The minimum absolute atomic E-state index is 0.0205. The van der Waals surface area contributed by atoms with E-state index in [4.69, 9.17) is 0 Å². The Hall–Kier alpha value is -1.70. The van der Waals surface area contributed by atoms with E-state index >= 15 is 0 Å². The number of nitro groups is 1. The zero-order valence-electron chi connectivity index (χ0n) is 10.0. The largest absolute Gasteiger partial charge is 0.376 e. The molecule has 1 aromatic rings. The second kappa shape index (κ2) is 5.12. The van der Waals surface area contributed by atoms with Crippen molar-refractivity contribution in [2.24, 2.45) is 0 Å². The van der Waals surface area contributed by atoms with Crippen molar-refractivity contribution in [3.63, 3.8) is 0 Å². The maximum absolute atomic E-state index is 13.1. The maximum Gasteiger partial charge on any atom is 0.292 e. The number of halogens is 1. The van der Waals surface area contributed by atoms with E-state index in [1.54, 1.807) is 0 Å². The van der Waals surface area contributed by atoms with Crippen molar-refractivity contribution in [3.05, 3.63) is 34.1 Å². The van der Waals surface area contributed by atoms with Gasteiger partial charge >= 0.3 is 0 Å². The van der Waals surface area contributed by atoms with Crippen molar-refractivity contribution in [1.29, 1.82) is 0 Å². The third kappa shape index (κ3) is 3.40. The van der Waals surface area contributed by atoms with E-state index in [1.807, 2.05) is 0 Å². The van der Waals surface area contributed by atoms with Gasteiger partial charge in [-0.15, -0.1) is 0 Å². The summed E-state index contributed by atoms with van der Waals surface area (Å²) in [6.07, 6.45) is 1.09. The number of benzene rings is 1. The summed E-state index contributed by atoms with van der Waals surface area (Å²) in [5.41, 5.74) is -0.239. The molecule has 1 N–H and O–H groups in total. The van der Waals surface area contributed by atoms with Crippen LogP contribution < -0.4 is 5.32 Å². The monoisotopic (exact) mass is 288 g/mol. The lowest BCUT2D eigenvalue weighted by molar-refractivity contribution is -0.384. The highest BCUT2D eigenvalue weighted by Crippen LogP contribution is 2.27. The van der Waals surface area contributed by atoms with Crippen LogP contribution in [0.15, 0.2) is 18.2 Å². The first-order valence-corrected chi connectivity index (χ1v) is 7.60. The Morgan fingerprint density at radius 1 is 1.42 bits per heavy atom. The van der Waals surface area contributed by atoms with E-state index < -0.39 is 26.6 Å². The summed E-state index contributed by atoms with van der Waals surface area (Å²) in [5, 5.41) is 13.6. The fraction of sp³-hybridized carbons (Fsp3) is 0.455. The number of nitrogens with zero attached hydrogens (tertiary/aromatic N) is 1. The van der Waals surface area contributed by atoms with Gasteiger partial charge in [0.1, 0.15) is 11.5 Å². The number of nitrogens with one attached hydrogen (secondary N) is 1. The predicted molar refractivity (Wildman–Crippen MR) is 68.4 cm³/mol. The molecule has 19 heavy (non-hydrogen) atoms. The lowest BCUT2D eigenvalue weighted by atomic mass is 10.1. The number of sulfone groups is 1. The Labute approximate surface area is 109 Å². The number of anilines is 1. The van der Waals surface area contributed by atoms with Crippen LogP contribution in [0.2, 0.25) is 0 Å². The number of rotatable bonds is 3. The molecule has 0 radical (unpaired) electrons. The highest BCUT2D eigenvalue weighted by Gasteiger charge is 2.26. The molecule has 0 bridgehead atoms. The Bertz CT molecular complexity index is 603. The highest BCUT2D eigenvalue weighted by atomic mass is 32.2. The van der Waals surface area contributed by atoms with Gasteiger partial charge in [0.05, 0.1) is 16.4 Å². The van der Waals surface area contributed by atoms with Crippen molar-refractivity contribution < 1.29 is 17.7 Å². The van der Waals surface area contributed by atoms with Gasteiger partial charge in [0.15, 0.2) is 9.84 Å². The standard InChI is InChI=1S/C11H13FN2O4S/c12-8-3-4-11(14(15)16)10(6-8)13-9-2-1-5-19(17,18)7-9/h3-4,6,9,13H,1-2,5,7H2. The Morgan fingerprint density at radius 3 is 2.79 bits per heavy atom. The smallest absolute Gasteiger partial charge is 0.292 e. The van der Waals surface area contributed by atoms with Crippen LogP contribution in [0, 0.1) is 15.9 Å². The molecule has 104 valence electrons. The molecule has 1 unspecified atom stereocenters. The molecule has 1 atom stereocenters. The summed E-state index contributed by atoms with van der Waals surface area (Å²) in [5.74, 6) is -0.552. The second-order valence-electron chi connectivity index (χ2n) is 4.52. The van der Waals surface area contributed by atoms with Crippen LogP contribution in [0.25, 0.3) is 0 Å². The lowest BCUT2D eigenvalue weighted by Crippen LogP contribution is -2.35. The fourth-order valence-electron chi connectivity index (χ4n) is 2.14. The van der Waals surface area contributed by atoms with Crippen LogP contribution in [-0.2, 0) is 9.84 Å². The molecule has 0 saturated carbocycles. The number of hydrogen-bond donors (Lipinski definition) is 1. The fourth-order valence-corrected chi connectivity index (χ4v) is 3.78. The van der Waals surface area contributed by atoms with Gasteiger partial charge < -0.3 is 5.32 Å². The zero-order chi connectivity index (χ0) is 14.0. The summed E-state index contributed by atoms with van der Waals surface area (Å²) in [6, 6.07) is 2.66. The minimum atomic E-state index is -3.12. The van der Waals surface area contributed by atoms with E-state index in [0.29, 0.717) is 12.8 Å². The normalized spacial score (nSPS) is 21.8. The summed E-state index contributed by atoms with van der Waals surface area (Å²) in [6.45, 7) is 0. The predicted octanol–water partition coefficient (Wildman–Crippen LogP) is 1.72. The first-order valence-electron chi connectivity index (χ1n) is 5.78. The van der Waals surface area contributed by atoms with Crippen LogP contribution in [0.3, 0.4) is 0 Å². The number of hydrogen-bond acceptors (Lipinski definition) is 5. The lowest BCUT2D eigenvalue weighted by Gasteiger charge is -2.23. The molecular weight excluding hydrogens is 275 g/mol. The van der Waals surface area contributed by atoms with Gasteiger partial charge in [0.2, 0.25) is 0 Å². The first-order chi connectivity index (χ1) is 8.87. The quantitative estimate of drug-likeness (QED) is 0.675. The molecule has 0 spiro atoms. The maximum atomic E-state index is 13.1. The number of nitro benzene ring substituents is 1. The summed E-state index contributed by atoms with van der Waals surface area (Å²) < 4.78 is 36.1. The third-order valence-electron chi connectivity index (χ3n) is 2.98. The topological polar surface area (TPSA) is 89.3 Å². The van der Waals surface area contributed by atoms with Crippen molar-refractivity contribution in [1.82, 2.24) is 0 Å². The van der Waals surface area contributed by atoms with Gasteiger partial charge in [-0.25, -0.2) is 12.8 Å². The van der Waals surface area contributed by atoms with Crippen LogP contribution in [0.5, 0.6) is 0 Å². The van der Waals surface area contributed by atoms with Crippen LogP contribution in [0.4, 0.5) is 15.8 Å². The van der Waals surface area contributed by atoms with Gasteiger partial charge in [-0.2, -0.15) is 0 Å². The zero-order valence-corrected chi connectivity index (χ0v) is 10.8. The average molecular weight is 288 g/mol. The van der Waals surface area contributed by atoms with Gasteiger partial charge in [-0.3, -0.25) is 10.1 Å². The first kappa shape index (κ1) is 13.7. The van der Waals surface area contributed by atoms with Crippen LogP contribution in [-0.4, -0.2) is 30.9 Å². The van der Waals surface area contributed by atoms with Crippen LogP contribution in [0.1, 0.15) is 12.8 Å². The van der Waals surface area contributed by atoms with Crippen LogP contribution >= 0.6 is 0 Å². The van der Waals surface area contributed by atoms with Crippen molar-refractivity contribution in [2.45, 2.75) is 18.9 Å². The Kier molecular flexibility index (Phi) is 3.70. The Balaban J connectivity index is 2.23. The molecular formula is C11H13FN2O4S.